The molecule has 2 bridgehead atoms. The van der Waals surface area contributed by atoms with Gasteiger partial charge in [-0.3, -0.25) is 0 Å². The van der Waals surface area contributed by atoms with Crippen molar-refractivity contribution in [1.29, 1.82) is 0 Å². The largest absolute Gasteiger partial charge is 0.416 e. The second kappa shape index (κ2) is 6.46. The average Bonchev–Trinajstić information content (AvgIpc) is 2.52. The molecule has 3 heterocycles. The van der Waals surface area contributed by atoms with Gasteiger partial charge >= 0.3 is 6.18 Å². The summed E-state index contributed by atoms with van der Waals surface area (Å²) in [6.45, 7) is 4.93. The van der Waals surface area contributed by atoms with Crippen LogP contribution in [0.3, 0.4) is 0 Å². The molecule has 0 spiro atoms. The number of fused-ring (bicyclic) bond motifs is 3. The number of alkyl halides is 3. The van der Waals surface area contributed by atoms with Gasteiger partial charge in [-0.05, 0) is 50.0 Å². The minimum Gasteiger partial charge on any atom is -0.384 e. The molecule has 122 valence electrons. The van der Waals surface area contributed by atoms with Gasteiger partial charge in [0.15, 0.2) is 0 Å². The van der Waals surface area contributed by atoms with Crippen molar-refractivity contribution in [3.8, 4) is 0 Å². The summed E-state index contributed by atoms with van der Waals surface area (Å²) >= 11 is 0. The van der Waals surface area contributed by atoms with Crippen LogP contribution in [0.2, 0.25) is 0 Å². The topological polar surface area (TPSA) is 27.3 Å². The van der Waals surface area contributed by atoms with Crippen molar-refractivity contribution in [2.24, 2.45) is 5.92 Å². The predicted molar refractivity (Wildman–Crippen MR) is 80.9 cm³/mol. The van der Waals surface area contributed by atoms with Crippen molar-refractivity contribution >= 4 is 5.69 Å². The Bertz CT molecular complexity index is 496. The lowest BCUT2D eigenvalue weighted by Crippen LogP contribution is -2.56. The smallest absolute Gasteiger partial charge is 0.384 e. The molecule has 0 radical (unpaired) electrons. The molecule has 3 saturated heterocycles. The van der Waals surface area contributed by atoms with E-state index in [9.17, 15) is 13.2 Å². The third-order valence-electron chi connectivity index (χ3n) is 4.71. The van der Waals surface area contributed by atoms with Gasteiger partial charge in [-0.2, -0.15) is 13.2 Å². The number of hydrogen-bond acceptors (Lipinski definition) is 3. The van der Waals surface area contributed by atoms with E-state index < -0.39 is 11.7 Å². The molecule has 1 aromatic rings. The number of hydrogen-bond donors (Lipinski definition) is 2. The van der Waals surface area contributed by atoms with Gasteiger partial charge in [-0.15, -0.1) is 0 Å². The van der Waals surface area contributed by atoms with Crippen molar-refractivity contribution in [3.05, 3.63) is 29.8 Å². The van der Waals surface area contributed by atoms with Gasteiger partial charge in [0, 0.05) is 31.4 Å². The summed E-state index contributed by atoms with van der Waals surface area (Å²) in [5.74, 6) is 0.763. The van der Waals surface area contributed by atoms with Crippen LogP contribution in [-0.4, -0.2) is 43.7 Å². The first kappa shape index (κ1) is 15.6. The van der Waals surface area contributed by atoms with E-state index >= 15 is 0 Å². The summed E-state index contributed by atoms with van der Waals surface area (Å²) in [7, 11) is 0. The molecular formula is C16H22F3N3. The van der Waals surface area contributed by atoms with Crippen LogP contribution in [0.15, 0.2) is 24.3 Å². The Morgan fingerprint density at radius 3 is 2.55 bits per heavy atom. The lowest BCUT2D eigenvalue weighted by atomic mass is 9.84. The Kier molecular flexibility index (Phi) is 4.59. The predicted octanol–water partition coefficient (Wildman–Crippen LogP) is 2.80. The number of rotatable bonds is 5. The first-order valence-corrected chi connectivity index (χ1v) is 7.89. The van der Waals surface area contributed by atoms with E-state index in [1.807, 2.05) is 0 Å². The average molecular weight is 313 g/mol. The zero-order valence-corrected chi connectivity index (χ0v) is 12.5. The van der Waals surface area contributed by atoms with Crippen molar-refractivity contribution < 1.29 is 13.2 Å². The molecule has 4 rings (SSSR count). The number of nitrogens with zero attached hydrogens (tertiary/aromatic N) is 1. The summed E-state index contributed by atoms with van der Waals surface area (Å²) in [5.41, 5.74) is -0.0895. The summed E-state index contributed by atoms with van der Waals surface area (Å²) in [5, 5.41) is 6.61. The maximum atomic E-state index is 12.6. The number of halogens is 3. The first-order chi connectivity index (χ1) is 10.5. The molecular weight excluding hydrogens is 291 g/mol. The Morgan fingerprint density at radius 1 is 1.14 bits per heavy atom. The van der Waals surface area contributed by atoms with Gasteiger partial charge < -0.3 is 15.5 Å². The van der Waals surface area contributed by atoms with Gasteiger partial charge in [-0.1, -0.05) is 6.07 Å². The van der Waals surface area contributed by atoms with Gasteiger partial charge in [0.05, 0.1) is 5.56 Å². The van der Waals surface area contributed by atoms with Gasteiger partial charge in [0.25, 0.3) is 0 Å². The van der Waals surface area contributed by atoms with E-state index in [0.29, 0.717) is 18.3 Å². The van der Waals surface area contributed by atoms with Crippen LogP contribution in [0.1, 0.15) is 18.4 Å². The maximum absolute atomic E-state index is 12.6. The van der Waals surface area contributed by atoms with Gasteiger partial charge in [0.1, 0.15) is 0 Å². The highest BCUT2D eigenvalue weighted by Crippen LogP contribution is 2.30. The van der Waals surface area contributed by atoms with Crippen LogP contribution < -0.4 is 10.6 Å². The molecule has 0 aliphatic carbocycles. The monoisotopic (exact) mass is 313 g/mol. The second-order valence-corrected chi connectivity index (χ2v) is 6.20. The maximum Gasteiger partial charge on any atom is 0.416 e. The summed E-state index contributed by atoms with van der Waals surface area (Å²) in [4.78, 5) is 2.48. The lowest BCUT2D eigenvalue weighted by molar-refractivity contribution is -0.137. The fraction of sp³-hybridized carbons (Fsp3) is 0.625. The Hall–Kier alpha value is -1.27. The third-order valence-corrected chi connectivity index (χ3v) is 4.71. The third kappa shape index (κ3) is 3.73. The summed E-state index contributed by atoms with van der Waals surface area (Å²) < 4.78 is 37.9. The molecule has 0 amide bonds. The molecule has 0 aromatic heterocycles. The van der Waals surface area contributed by atoms with Crippen LogP contribution >= 0.6 is 0 Å². The highest BCUT2D eigenvalue weighted by molar-refractivity contribution is 5.46. The van der Waals surface area contributed by atoms with E-state index in [1.54, 1.807) is 6.07 Å². The minimum atomic E-state index is -4.29. The Morgan fingerprint density at radius 2 is 1.91 bits per heavy atom. The molecule has 1 aromatic carbocycles. The molecule has 3 aliphatic rings. The molecule has 2 N–H and O–H groups in total. The van der Waals surface area contributed by atoms with Crippen LogP contribution in [0.4, 0.5) is 18.9 Å². The van der Waals surface area contributed by atoms with E-state index in [1.165, 1.54) is 32.0 Å². The van der Waals surface area contributed by atoms with Crippen LogP contribution in [-0.2, 0) is 6.18 Å². The normalized spacial score (nSPS) is 27.9. The van der Waals surface area contributed by atoms with Crippen molar-refractivity contribution in [1.82, 2.24) is 10.2 Å². The van der Waals surface area contributed by atoms with Crippen LogP contribution in [0.25, 0.3) is 0 Å². The summed E-state index contributed by atoms with van der Waals surface area (Å²) in [6.07, 6.45) is -1.76. The summed E-state index contributed by atoms with van der Waals surface area (Å²) in [6, 6.07) is 5.89. The number of benzene rings is 1. The lowest BCUT2D eigenvalue weighted by Gasteiger charge is -2.45. The number of anilines is 1. The van der Waals surface area contributed by atoms with Gasteiger partial charge in [0.2, 0.25) is 0 Å². The quantitative estimate of drug-likeness (QED) is 0.819. The zero-order chi connectivity index (χ0) is 15.6. The molecule has 3 nitrogen and oxygen atoms in total. The van der Waals surface area contributed by atoms with E-state index in [-0.39, 0.29) is 0 Å². The Balaban J connectivity index is 1.44. The van der Waals surface area contributed by atoms with Crippen LogP contribution in [0, 0.1) is 5.92 Å². The highest BCUT2D eigenvalue weighted by atomic mass is 19.4. The molecule has 1 atom stereocenters. The van der Waals surface area contributed by atoms with E-state index in [4.69, 9.17) is 0 Å². The van der Waals surface area contributed by atoms with E-state index in [0.717, 1.165) is 31.1 Å². The van der Waals surface area contributed by atoms with Gasteiger partial charge in [-0.25, -0.2) is 0 Å². The molecule has 3 fully saturated rings. The SMILES string of the molecule is FC(F)(F)c1cccc(NCCNC2CN3CCC2CC3)c1. The second-order valence-electron chi connectivity index (χ2n) is 6.20. The molecule has 0 saturated carbocycles. The molecule has 22 heavy (non-hydrogen) atoms. The fourth-order valence-corrected chi connectivity index (χ4v) is 3.47. The molecule has 6 heteroatoms. The molecule has 3 aliphatic heterocycles. The van der Waals surface area contributed by atoms with Crippen molar-refractivity contribution in [2.75, 3.05) is 38.0 Å². The Labute approximate surface area is 128 Å². The number of nitrogens with one attached hydrogen (secondary N) is 2. The molecule has 1 unspecified atom stereocenters. The standard InChI is InChI=1S/C16H22F3N3/c17-16(18,19)13-2-1-3-14(10-13)20-6-7-21-15-11-22-8-4-12(15)5-9-22/h1-3,10,12,15,20-21H,4-9,11H2. The van der Waals surface area contributed by atoms with E-state index in [2.05, 4.69) is 15.5 Å². The fourth-order valence-electron chi connectivity index (χ4n) is 3.47. The van der Waals surface area contributed by atoms with Crippen molar-refractivity contribution in [3.63, 3.8) is 0 Å². The number of piperidine rings is 3. The van der Waals surface area contributed by atoms with Crippen molar-refractivity contribution in [2.45, 2.75) is 25.1 Å². The minimum absolute atomic E-state index is 0.519. The first-order valence-electron chi connectivity index (χ1n) is 7.89. The highest BCUT2D eigenvalue weighted by Gasteiger charge is 2.33. The zero-order valence-electron chi connectivity index (χ0n) is 12.5. The van der Waals surface area contributed by atoms with Crippen LogP contribution in [0.5, 0.6) is 0 Å².